The fourth-order valence-corrected chi connectivity index (χ4v) is 3.79. The number of aryl methyl sites for hydroxylation is 1. The van der Waals surface area contributed by atoms with Gasteiger partial charge in [-0.05, 0) is 40.4 Å². The highest BCUT2D eigenvalue weighted by atomic mass is 79.9. The summed E-state index contributed by atoms with van der Waals surface area (Å²) < 4.78 is 26.0. The van der Waals surface area contributed by atoms with Crippen LogP contribution in [-0.2, 0) is 11.2 Å². The number of fused-ring (bicyclic) bond motifs is 2. The molecule has 7 heteroatoms. The van der Waals surface area contributed by atoms with Crippen LogP contribution in [0.4, 0.5) is 15.8 Å². The van der Waals surface area contributed by atoms with Crippen LogP contribution in [-0.4, -0.2) is 32.2 Å². The molecule has 0 aliphatic carbocycles. The SMILES string of the molecule is O=C(CN1CCCc2cccc(F)c21)Nc1cc2c(cc1Br)OCCO2. The van der Waals surface area contributed by atoms with Gasteiger partial charge in [-0.2, -0.15) is 0 Å². The number of amides is 1. The number of anilines is 2. The summed E-state index contributed by atoms with van der Waals surface area (Å²) in [6.45, 7) is 1.73. The lowest BCUT2D eigenvalue weighted by atomic mass is 10.0. The molecule has 2 aromatic carbocycles. The van der Waals surface area contributed by atoms with Gasteiger partial charge in [-0.15, -0.1) is 0 Å². The Morgan fingerprint density at radius 1 is 1.23 bits per heavy atom. The molecule has 26 heavy (non-hydrogen) atoms. The van der Waals surface area contributed by atoms with Crippen molar-refractivity contribution in [1.29, 1.82) is 0 Å². The third kappa shape index (κ3) is 3.35. The van der Waals surface area contributed by atoms with Crippen molar-refractivity contribution in [3.05, 3.63) is 46.2 Å². The van der Waals surface area contributed by atoms with Crippen LogP contribution in [0, 0.1) is 5.82 Å². The minimum absolute atomic E-state index is 0.0921. The quantitative estimate of drug-likeness (QED) is 0.821. The molecule has 2 aromatic rings. The van der Waals surface area contributed by atoms with Crippen molar-refractivity contribution in [1.82, 2.24) is 0 Å². The summed E-state index contributed by atoms with van der Waals surface area (Å²) in [5.74, 6) is 0.756. The summed E-state index contributed by atoms with van der Waals surface area (Å²) in [5, 5.41) is 2.87. The minimum Gasteiger partial charge on any atom is -0.486 e. The Balaban J connectivity index is 1.51. The van der Waals surface area contributed by atoms with Crippen LogP contribution in [0.3, 0.4) is 0 Å². The molecule has 0 fully saturated rings. The molecule has 1 amide bonds. The Kier molecular flexibility index (Phi) is 4.72. The predicted molar refractivity (Wildman–Crippen MR) is 101 cm³/mol. The maximum Gasteiger partial charge on any atom is 0.243 e. The molecule has 2 aliphatic rings. The number of hydrogen-bond donors (Lipinski definition) is 1. The Labute approximate surface area is 159 Å². The first-order valence-electron chi connectivity index (χ1n) is 8.53. The molecular formula is C19H18BrFN2O3. The standard InChI is InChI=1S/C19H18BrFN2O3/c20-13-9-16-17(26-8-7-25-16)10-15(13)22-18(24)11-23-6-2-4-12-3-1-5-14(21)19(12)23/h1,3,5,9-10H,2,4,6-8,11H2,(H,22,24). The molecule has 0 atom stereocenters. The molecule has 5 nitrogen and oxygen atoms in total. The summed E-state index contributed by atoms with van der Waals surface area (Å²) >= 11 is 3.44. The van der Waals surface area contributed by atoms with Crippen LogP contribution >= 0.6 is 15.9 Å². The first-order valence-corrected chi connectivity index (χ1v) is 9.32. The summed E-state index contributed by atoms with van der Waals surface area (Å²) in [7, 11) is 0. The first-order chi connectivity index (χ1) is 12.6. The number of halogens is 2. The van der Waals surface area contributed by atoms with Crippen molar-refractivity contribution in [3.63, 3.8) is 0 Å². The molecule has 2 aliphatic heterocycles. The molecule has 0 radical (unpaired) electrons. The average molecular weight is 421 g/mol. The van der Waals surface area contributed by atoms with Crippen LogP contribution in [0.2, 0.25) is 0 Å². The molecule has 136 valence electrons. The zero-order valence-corrected chi connectivity index (χ0v) is 15.6. The van der Waals surface area contributed by atoms with E-state index in [0.717, 1.165) is 18.4 Å². The van der Waals surface area contributed by atoms with Gasteiger partial charge in [-0.25, -0.2) is 4.39 Å². The van der Waals surface area contributed by atoms with Crippen molar-refractivity contribution in [2.75, 3.05) is 36.5 Å². The van der Waals surface area contributed by atoms with Crippen LogP contribution in [0.1, 0.15) is 12.0 Å². The Morgan fingerprint density at radius 3 is 2.81 bits per heavy atom. The van der Waals surface area contributed by atoms with Gasteiger partial charge in [0.2, 0.25) is 5.91 Å². The maximum absolute atomic E-state index is 14.2. The van der Waals surface area contributed by atoms with Crippen LogP contribution in [0.15, 0.2) is 34.8 Å². The average Bonchev–Trinajstić information content (AvgIpc) is 2.62. The van der Waals surface area contributed by atoms with E-state index in [2.05, 4.69) is 21.2 Å². The van der Waals surface area contributed by atoms with E-state index in [9.17, 15) is 9.18 Å². The smallest absolute Gasteiger partial charge is 0.243 e. The second kappa shape index (κ2) is 7.15. The molecule has 0 bridgehead atoms. The van der Waals surface area contributed by atoms with E-state index < -0.39 is 0 Å². The third-order valence-electron chi connectivity index (χ3n) is 4.50. The van der Waals surface area contributed by atoms with Crippen LogP contribution in [0.25, 0.3) is 0 Å². The van der Waals surface area contributed by atoms with Gasteiger partial charge in [0.15, 0.2) is 11.5 Å². The number of ether oxygens (including phenoxy) is 2. The molecule has 0 unspecified atom stereocenters. The second-order valence-electron chi connectivity index (χ2n) is 6.30. The highest BCUT2D eigenvalue weighted by Crippen LogP contribution is 2.38. The minimum atomic E-state index is -0.282. The van der Waals surface area contributed by atoms with Crippen molar-refractivity contribution in [2.45, 2.75) is 12.8 Å². The number of carbonyl (C=O) groups excluding carboxylic acids is 1. The van der Waals surface area contributed by atoms with Gasteiger partial charge in [-0.1, -0.05) is 12.1 Å². The lowest BCUT2D eigenvalue weighted by Gasteiger charge is -2.31. The summed E-state index contributed by atoms with van der Waals surface area (Å²) in [6.07, 6.45) is 1.73. The molecule has 1 N–H and O–H groups in total. The number of carbonyl (C=O) groups is 1. The fraction of sp³-hybridized carbons (Fsp3) is 0.316. The van der Waals surface area contributed by atoms with Crippen molar-refractivity contribution in [2.24, 2.45) is 0 Å². The van der Waals surface area contributed by atoms with Gasteiger partial charge < -0.3 is 19.7 Å². The number of nitrogens with one attached hydrogen (secondary N) is 1. The highest BCUT2D eigenvalue weighted by Gasteiger charge is 2.23. The number of benzene rings is 2. The van der Waals surface area contributed by atoms with E-state index in [1.807, 2.05) is 6.07 Å². The van der Waals surface area contributed by atoms with Gasteiger partial charge in [0.1, 0.15) is 19.0 Å². The van der Waals surface area contributed by atoms with E-state index in [1.54, 1.807) is 23.1 Å². The van der Waals surface area contributed by atoms with Crippen LogP contribution < -0.4 is 19.7 Å². The fourth-order valence-electron chi connectivity index (χ4n) is 3.37. The number of hydrogen-bond acceptors (Lipinski definition) is 4. The van der Waals surface area contributed by atoms with E-state index >= 15 is 0 Å². The van der Waals surface area contributed by atoms with Gasteiger partial charge in [-0.3, -0.25) is 4.79 Å². The lowest BCUT2D eigenvalue weighted by molar-refractivity contribution is -0.115. The molecule has 0 aromatic heterocycles. The van der Waals surface area contributed by atoms with E-state index in [0.29, 0.717) is 47.1 Å². The van der Waals surface area contributed by atoms with Crippen molar-refractivity contribution in [3.8, 4) is 11.5 Å². The molecule has 2 heterocycles. The van der Waals surface area contributed by atoms with Crippen molar-refractivity contribution < 1.29 is 18.7 Å². The molecular weight excluding hydrogens is 403 g/mol. The van der Waals surface area contributed by atoms with E-state index in [1.165, 1.54) is 6.07 Å². The Bertz CT molecular complexity index is 859. The maximum atomic E-state index is 14.2. The topological polar surface area (TPSA) is 50.8 Å². The third-order valence-corrected chi connectivity index (χ3v) is 5.16. The lowest BCUT2D eigenvalue weighted by Crippen LogP contribution is -2.37. The number of rotatable bonds is 3. The molecule has 0 spiro atoms. The Hall–Kier alpha value is -2.28. The second-order valence-corrected chi connectivity index (χ2v) is 7.15. The summed E-state index contributed by atoms with van der Waals surface area (Å²) in [6, 6.07) is 8.58. The number of para-hydroxylation sites is 1. The zero-order chi connectivity index (χ0) is 18.1. The summed E-state index contributed by atoms with van der Waals surface area (Å²) in [4.78, 5) is 14.4. The van der Waals surface area contributed by atoms with Crippen LogP contribution in [0.5, 0.6) is 11.5 Å². The van der Waals surface area contributed by atoms with E-state index in [-0.39, 0.29) is 18.3 Å². The van der Waals surface area contributed by atoms with E-state index in [4.69, 9.17) is 9.47 Å². The predicted octanol–water partition coefficient (Wildman–Crippen LogP) is 3.75. The van der Waals surface area contributed by atoms with Gasteiger partial charge in [0.25, 0.3) is 0 Å². The molecule has 4 rings (SSSR count). The van der Waals surface area contributed by atoms with Gasteiger partial charge >= 0.3 is 0 Å². The Morgan fingerprint density at radius 2 is 2.00 bits per heavy atom. The summed E-state index contributed by atoms with van der Waals surface area (Å²) in [5.41, 5.74) is 2.09. The van der Waals surface area contributed by atoms with Gasteiger partial charge in [0, 0.05) is 23.2 Å². The van der Waals surface area contributed by atoms with Crippen molar-refractivity contribution >= 4 is 33.2 Å². The molecule has 0 saturated heterocycles. The monoisotopic (exact) mass is 420 g/mol. The first kappa shape index (κ1) is 17.1. The normalized spacial score (nSPS) is 15.4. The molecule has 0 saturated carbocycles. The highest BCUT2D eigenvalue weighted by molar-refractivity contribution is 9.10. The zero-order valence-electron chi connectivity index (χ0n) is 14.1. The largest absolute Gasteiger partial charge is 0.486 e. The van der Waals surface area contributed by atoms with Gasteiger partial charge in [0.05, 0.1) is 17.9 Å². The number of nitrogens with zero attached hydrogens (tertiary/aromatic N) is 1.